The van der Waals surface area contributed by atoms with Gasteiger partial charge in [-0.1, -0.05) is 13.8 Å². The molecule has 1 atom stereocenters. The molecule has 0 unspecified atom stereocenters. The van der Waals surface area contributed by atoms with Crippen LogP contribution in [0.15, 0.2) is 0 Å². The average molecular weight is 397 g/mol. The lowest BCUT2D eigenvalue weighted by Crippen LogP contribution is -2.46. The minimum Gasteiger partial charge on any atom is -0.342 e. The van der Waals surface area contributed by atoms with Crippen LogP contribution >= 0.6 is 24.8 Å². The molecule has 2 aliphatic heterocycles. The van der Waals surface area contributed by atoms with E-state index in [9.17, 15) is 9.59 Å². The number of likely N-dealkylation sites (tertiary alicyclic amines) is 1. The first kappa shape index (κ1) is 24.4. The first-order valence-corrected chi connectivity index (χ1v) is 9.02. The summed E-state index contributed by atoms with van der Waals surface area (Å²) in [5.74, 6) is 0.723. The fourth-order valence-corrected chi connectivity index (χ4v) is 3.45. The zero-order valence-electron chi connectivity index (χ0n) is 15.5. The van der Waals surface area contributed by atoms with Crippen LogP contribution in [0.25, 0.3) is 0 Å². The highest BCUT2D eigenvalue weighted by Gasteiger charge is 2.26. The molecular weight excluding hydrogens is 363 g/mol. The maximum Gasteiger partial charge on any atom is 0.239 e. The van der Waals surface area contributed by atoms with E-state index in [0.29, 0.717) is 19.0 Å². The van der Waals surface area contributed by atoms with Crippen molar-refractivity contribution in [2.75, 3.05) is 45.8 Å². The molecular formula is C17H34Cl2N4O2. The van der Waals surface area contributed by atoms with Crippen molar-refractivity contribution in [3.63, 3.8) is 0 Å². The molecule has 0 bridgehead atoms. The maximum atomic E-state index is 12.4. The SMILES string of the molecule is CC(C)C[C@H](N)C(=O)N1CCCN(CC(=O)N2CCCC2)CC1.Cl.Cl. The van der Waals surface area contributed by atoms with Crippen LogP contribution in [-0.4, -0.2) is 78.4 Å². The summed E-state index contributed by atoms with van der Waals surface area (Å²) in [5.41, 5.74) is 6.03. The van der Waals surface area contributed by atoms with Gasteiger partial charge < -0.3 is 15.5 Å². The van der Waals surface area contributed by atoms with Crippen LogP contribution in [0, 0.1) is 5.92 Å². The van der Waals surface area contributed by atoms with Gasteiger partial charge in [0.2, 0.25) is 11.8 Å². The highest BCUT2D eigenvalue weighted by Crippen LogP contribution is 2.11. The summed E-state index contributed by atoms with van der Waals surface area (Å²) in [6.45, 7) is 9.53. The number of nitrogens with two attached hydrogens (primary N) is 1. The second-order valence-electron chi connectivity index (χ2n) is 7.28. The summed E-state index contributed by atoms with van der Waals surface area (Å²) in [4.78, 5) is 30.7. The second kappa shape index (κ2) is 11.9. The Bertz CT molecular complexity index is 417. The van der Waals surface area contributed by atoms with Crippen LogP contribution in [0.5, 0.6) is 0 Å². The smallest absolute Gasteiger partial charge is 0.239 e. The number of rotatable bonds is 5. The van der Waals surface area contributed by atoms with Crippen molar-refractivity contribution >= 4 is 36.6 Å². The van der Waals surface area contributed by atoms with Gasteiger partial charge in [0, 0.05) is 39.3 Å². The van der Waals surface area contributed by atoms with E-state index in [-0.39, 0.29) is 36.6 Å². The monoisotopic (exact) mass is 396 g/mol. The van der Waals surface area contributed by atoms with Crippen molar-refractivity contribution in [3.8, 4) is 0 Å². The molecule has 148 valence electrons. The molecule has 2 saturated heterocycles. The number of hydrogen-bond donors (Lipinski definition) is 1. The van der Waals surface area contributed by atoms with Crippen LogP contribution in [0.2, 0.25) is 0 Å². The number of amides is 2. The first-order chi connectivity index (χ1) is 11.0. The lowest BCUT2D eigenvalue weighted by molar-refractivity contribution is -0.132. The molecule has 0 spiro atoms. The zero-order chi connectivity index (χ0) is 16.8. The van der Waals surface area contributed by atoms with E-state index in [1.807, 2.05) is 9.80 Å². The molecule has 0 aromatic rings. The summed E-state index contributed by atoms with van der Waals surface area (Å²) in [5, 5.41) is 0. The Morgan fingerprint density at radius 1 is 0.880 bits per heavy atom. The van der Waals surface area contributed by atoms with E-state index < -0.39 is 6.04 Å². The molecule has 0 aromatic heterocycles. The van der Waals surface area contributed by atoms with E-state index in [1.54, 1.807) is 0 Å². The molecule has 2 N–H and O–H groups in total. The van der Waals surface area contributed by atoms with Crippen molar-refractivity contribution in [3.05, 3.63) is 0 Å². The molecule has 8 heteroatoms. The molecule has 6 nitrogen and oxygen atoms in total. The van der Waals surface area contributed by atoms with Gasteiger partial charge in [0.1, 0.15) is 0 Å². The topological polar surface area (TPSA) is 69.9 Å². The van der Waals surface area contributed by atoms with E-state index >= 15 is 0 Å². The maximum absolute atomic E-state index is 12.4. The lowest BCUT2D eigenvalue weighted by atomic mass is 10.0. The quantitative estimate of drug-likeness (QED) is 0.761. The molecule has 0 aromatic carbocycles. The van der Waals surface area contributed by atoms with Crippen LogP contribution < -0.4 is 5.73 Å². The molecule has 2 aliphatic rings. The number of carbonyl (C=O) groups is 2. The third-order valence-electron chi connectivity index (χ3n) is 4.76. The second-order valence-corrected chi connectivity index (χ2v) is 7.28. The van der Waals surface area contributed by atoms with Crippen molar-refractivity contribution in [1.29, 1.82) is 0 Å². The van der Waals surface area contributed by atoms with Crippen LogP contribution in [-0.2, 0) is 9.59 Å². The van der Waals surface area contributed by atoms with E-state index in [2.05, 4.69) is 18.7 Å². The molecule has 0 aliphatic carbocycles. The van der Waals surface area contributed by atoms with Gasteiger partial charge >= 0.3 is 0 Å². The predicted octanol–water partition coefficient (Wildman–Crippen LogP) is 1.36. The summed E-state index contributed by atoms with van der Waals surface area (Å²) in [6, 6.07) is -0.396. The van der Waals surface area contributed by atoms with Crippen molar-refractivity contribution in [2.45, 2.75) is 45.6 Å². The minimum absolute atomic E-state index is 0. The zero-order valence-corrected chi connectivity index (χ0v) is 17.1. The molecule has 2 fully saturated rings. The van der Waals surface area contributed by atoms with Gasteiger partial charge in [-0.3, -0.25) is 14.5 Å². The molecule has 2 rings (SSSR count). The lowest BCUT2D eigenvalue weighted by Gasteiger charge is -2.26. The Kier molecular flexibility index (Phi) is 11.7. The van der Waals surface area contributed by atoms with Crippen LogP contribution in [0.3, 0.4) is 0 Å². The number of halogens is 2. The minimum atomic E-state index is -0.396. The Hall–Kier alpha value is -0.560. The van der Waals surface area contributed by atoms with Gasteiger partial charge in [-0.05, 0) is 31.6 Å². The summed E-state index contributed by atoms with van der Waals surface area (Å²) in [7, 11) is 0. The van der Waals surface area contributed by atoms with Gasteiger partial charge in [0.15, 0.2) is 0 Å². The first-order valence-electron chi connectivity index (χ1n) is 9.02. The van der Waals surface area contributed by atoms with Gasteiger partial charge in [-0.15, -0.1) is 24.8 Å². The standard InChI is InChI=1S/C17H32N4O2.2ClH/c1-14(2)12-15(18)17(23)21-9-5-6-19(10-11-21)13-16(22)20-7-3-4-8-20;;/h14-15H,3-13,18H2,1-2H3;2*1H/t15-;;/m0../s1. The molecule has 0 saturated carbocycles. The van der Waals surface area contributed by atoms with Crippen LogP contribution in [0.4, 0.5) is 0 Å². The fraction of sp³-hybridized carbons (Fsp3) is 0.882. The highest BCUT2D eigenvalue weighted by atomic mass is 35.5. The highest BCUT2D eigenvalue weighted by molar-refractivity contribution is 5.85. The molecule has 2 heterocycles. The van der Waals surface area contributed by atoms with Gasteiger partial charge in [0.25, 0.3) is 0 Å². The van der Waals surface area contributed by atoms with E-state index in [0.717, 1.165) is 58.4 Å². The van der Waals surface area contributed by atoms with Gasteiger partial charge in [-0.25, -0.2) is 0 Å². The number of nitrogens with zero attached hydrogens (tertiary/aromatic N) is 3. The van der Waals surface area contributed by atoms with Gasteiger partial charge in [0.05, 0.1) is 12.6 Å². The summed E-state index contributed by atoms with van der Waals surface area (Å²) < 4.78 is 0. The predicted molar refractivity (Wildman–Crippen MR) is 105 cm³/mol. The molecule has 0 radical (unpaired) electrons. The van der Waals surface area contributed by atoms with Gasteiger partial charge in [-0.2, -0.15) is 0 Å². The number of hydrogen-bond acceptors (Lipinski definition) is 4. The molecule has 2 amide bonds. The normalized spacial score (nSPS) is 19.8. The Balaban J connectivity index is 0.00000288. The van der Waals surface area contributed by atoms with Crippen molar-refractivity contribution in [1.82, 2.24) is 14.7 Å². The fourth-order valence-electron chi connectivity index (χ4n) is 3.45. The Morgan fingerprint density at radius 2 is 1.48 bits per heavy atom. The molecule has 25 heavy (non-hydrogen) atoms. The number of carbonyl (C=O) groups excluding carboxylic acids is 2. The van der Waals surface area contributed by atoms with Crippen LogP contribution in [0.1, 0.15) is 39.5 Å². The van der Waals surface area contributed by atoms with Crippen molar-refractivity contribution in [2.24, 2.45) is 11.7 Å². The third-order valence-corrected chi connectivity index (χ3v) is 4.76. The summed E-state index contributed by atoms with van der Waals surface area (Å²) >= 11 is 0. The van der Waals surface area contributed by atoms with E-state index in [4.69, 9.17) is 5.73 Å². The average Bonchev–Trinajstić information content (AvgIpc) is 2.94. The Morgan fingerprint density at radius 3 is 2.08 bits per heavy atom. The van der Waals surface area contributed by atoms with E-state index in [1.165, 1.54) is 0 Å². The Labute approximate surface area is 164 Å². The third kappa shape index (κ3) is 7.69. The summed E-state index contributed by atoms with van der Waals surface area (Å²) in [6.07, 6.45) is 3.89. The van der Waals surface area contributed by atoms with Crippen molar-refractivity contribution < 1.29 is 9.59 Å². The largest absolute Gasteiger partial charge is 0.342 e.